The highest BCUT2D eigenvalue weighted by molar-refractivity contribution is 5.66. The summed E-state index contributed by atoms with van der Waals surface area (Å²) in [6, 6.07) is 3.07. The van der Waals surface area contributed by atoms with E-state index in [0.717, 1.165) is 10.1 Å². The SMILES string of the molecule is C=C(C)COc1cccn(CC(=O)O)c1=O. The maximum atomic E-state index is 11.7. The number of hydrogen-bond acceptors (Lipinski definition) is 3. The summed E-state index contributed by atoms with van der Waals surface area (Å²) in [7, 11) is 0. The lowest BCUT2D eigenvalue weighted by Crippen LogP contribution is -2.24. The molecule has 0 fully saturated rings. The predicted octanol–water partition coefficient (Wildman–Crippen LogP) is 0.888. The lowest BCUT2D eigenvalue weighted by atomic mass is 10.4. The third-order valence-electron chi connectivity index (χ3n) is 1.76. The number of aromatic nitrogens is 1. The molecule has 1 rings (SSSR count). The van der Waals surface area contributed by atoms with Gasteiger partial charge >= 0.3 is 5.97 Å². The Labute approximate surface area is 92.6 Å². The maximum absolute atomic E-state index is 11.7. The van der Waals surface area contributed by atoms with Gasteiger partial charge in [0, 0.05) is 6.20 Å². The molecule has 0 bridgehead atoms. The Kier molecular flexibility index (Phi) is 3.88. The highest BCUT2D eigenvalue weighted by atomic mass is 16.5. The molecule has 0 aliphatic heterocycles. The van der Waals surface area contributed by atoms with Crippen LogP contribution in [0, 0.1) is 0 Å². The van der Waals surface area contributed by atoms with Gasteiger partial charge in [-0.25, -0.2) is 0 Å². The molecule has 0 radical (unpaired) electrons. The maximum Gasteiger partial charge on any atom is 0.323 e. The quantitative estimate of drug-likeness (QED) is 0.752. The van der Waals surface area contributed by atoms with E-state index in [1.807, 2.05) is 0 Å². The van der Waals surface area contributed by atoms with Crippen LogP contribution in [0.4, 0.5) is 0 Å². The largest absolute Gasteiger partial charge is 0.484 e. The van der Waals surface area contributed by atoms with Crippen LogP contribution < -0.4 is 10.3 Å². The van der Waals surface area contributed by atoms with Crippen molar-refractivity contribution in [1.29, 1.82) is 0 Å². The zero-order valence-corrected chi connectivity index (χ0v) is 8.97. The number of aliphatic carboxylic acids is 1. The second-order valence-corrected chi connectivity index (χ2v) is 3.45. The first-order chi connectivity index (χ1) is 7.50. The van der Waals surface area contributed by atoms with Crippen LogP contribution in [0.3, 0.4) is 0 Å². The van der Waals surface area contributed by atoms with E-state index in [-0.39, 0.29) is 18.9 Å². The van der Waals surface area contributed by atoms with Gasteiger partial charge in [0.1, 0.15) is 13.2 Å². The number of ether oxygens (including phenoxy) is 1. The average Bonchev–Trinajstić information content (AvgIpc) is 2.18. The van der Waals surface area contributed by atoms with E-state index in [1.54, 1.807) is 13.0 Å². The monoisotopic (exact) mass is 223 g/mol. The molecule has 0 aliphatic rings. The number of carbonyl (C=O) groups is 1. The Morgan fingerprint density at radius 2 is 2.31 bits per heavy atom. The summed E-state index contributed by atoms with van der Waals surface area (Å²) in [6.45, 7) is 5.29. The van der Waals surface area contributed by atoms with Crippen molar-refractivity contribution in [3.63, 3.8) is 0 Å². The van der Waals surface area contributed by atoms with E-state index in [2.05, 4.69) is 6.58 Å². The number of carboxylic acids is 1. The third kappa shape index (κ3) is 3.27. The van der Waals surface area contributed by atoms with E-state index in [9.17, 15) is 9.59 Å². The number of nitrogens with zero attached hydrogens (tertiary/aromatic N) is 1. The molecule has 16 heavy (non-hydrogen) atoms. The highest BCUT2D eigenvalue weighted by Crippen LogP contribution is 2.03. The number of carboxylic acid groups (broad SMARTS) is 1. The van der Waals surface area contributed by atoms with Crippen molar-refractivity contribution in [1.82, 2.24) is 4.57 Å². The second-order valence-electron chi connectivity index (χ2n) is 3.45. The van der Waals surface area contributed by atoms with E-state index in [4.69, 9.17) is 9.84 Å². The van der Waals surface area contributed by atoms with E-state index in [1.165, 1.54) is 12.3 Å². The van der Waals surface area contributed by atoms with Gasteiger partial charge < -0.3 is 14.4 Å². The molecule has 86 valence electrons. The lowest BCUT2D eigenvalue weighted by molar-refractivity contribution is -0.137. The van der Waals surface area contributed by atoms with Crippen LogP contribution in [0.1, 0.15) is 6.92 Å². The number of rotatable bonds is 5. The molecule has 5 nitrogen and oxygen atoms in total. The lowest BCUT2D eigenvalue weighted by Gasteiger charge is -2.07. The van der Waals surface area contributed by atoms with Crippen LogP contribution in [0.2, 0.25) is 0 Å². The minimum Gasteiger partial charge on any atom is -0.484 e. The van der Waals surface area contributed by atoms with Crippen molar-refractivity contribution in [2.75, 3.05) is 6.61 Å². The van der Waals surface area contributed by atoms with Crippen LogP contribution >= 0.6 is 0 Å². The molecular weight excluding hydrogens is 210 g/mol. The molecule has 0 saturated heterocycles. The van der Waals surface area contributed by atoms with Gasteiger partial charge in [-0.15, -0.1) is 0 Å². The molecule has 5 heteroatoms. The van der Waals surface area contributed by atoms with Crippen LogP contribution in [0.15, 0.2) is 35.3 Å². The fraction of sp³-hybridized carbons (Fsp3) is 0.273. The molecule has 0 unspecified atom stereocenters. The number of pyridine rings is 1. The summed E-state index contributed by atoms with van der Waals surface area (Å²) < 4.78 is 6.27. The Hall–Kier alpha value is -2.04. The molecule has 1 aromatic heterocycles. The average molecular weight is 223 g/mol. The van der Waals surface area contributed by atoms with Gasteiger partial charge in [-0.1, -0.05) is 6.58 Å². The molecule has 1 aromatic rings. The van der Waals surface area contributed by atoms with Crippen molar-refractivity contribution in [2.24, 2.45) is 0 Å². The first kappa shape index (κ1) is 12.0. The molecule has 0 amide bonds. The molecule has 0 spiro atoms. The standard InChI is InChI=1S/C11H13NO4/c1-8(2)7-16-9-4-3-5-12(11(9)15)6-10(13)14/h3-5H,1,6-7H2,2H3,(H,13,14). The van der Waals surface area contributed by atoms with Gasteiger partial charge in [-0.05, 0) is 24.6 Å². The predicted molar refractivity (Wildman–Crippen MR) is 58.6 cm³/mol. The molecule has 0 saturated carbocycles. The van der Waals surface area contributed by atoms with Gasteiger partial charge in [0.05, 0.1) is 0 Å². The summed E-state index contributed by atoms with van der Waals surface area (Å²) in [5, 5.41) is 8.59. The second kappa shape index (κ2) is 5.16. The summed E-state index contributed by atoms with van der Waals surface area (Å²) in [4.78, 5) is 22.1. The normalized spacial score (nSPS) is 9.81. The minimum absolute atomic E-state index is 0.131. The summed E-state index contributed by atoms with van der Waals surface area (Å²) in [5.41, 5.74) is 0.333. The Bertz CT molecular complexity index is 461. The van der Waals surface area contributed by atoms with E-state index in [0.29, 0.717) is 0 Å². The Balaban J connectivity index is 2.90. The molecule has 0 aromatic carbocycles. The summed E-state index contributed by atoms with van der Waals surface area (Å²) >= 11 is 0. The zero-order valence-electron chi connectivity index (χ0n) is 8.97. The fourth-order valence-electron chi connectivity index (χ4n) is 1.10. The molecule has 1 N–H and O–H groups in total. The van der Waals surface area contributed by atoms with Crippen molar-refractivity contribution in [2.45, 2.75) is 13.5 Å². The van der Waals surface area contributed by atoms with Gasteiger partial charge in [0.15, 0.2) is 5.75 Å². The van der Waals surface area contributed by atoms with Crippen LogP contribution in [-0.2, 0) is 11.3 Å². The molecule has 1 heterocycles. The van der Waals surface area contributed by atoms with Crippen LogP contribution in [0.25, 0.3) is 0 Å². The first-order valence-electron chi connectivity index (χ1n) is 4.69. The molecule has 0 aliphatic carbocycles. The van der Waals surface area contributed by atoms with Crippen molar-refractivity contribution < 1.29 is 14.6 Å². The van der Waals surface area contributed by atoms with Gasteiger partial charge in [-0.2, -0.15) is 0 Å². The summed E-state index contributed by atoms with van der Waals surface area (Å²) in [5.74, 6) is -0.939. The number of hydrogen-bond donors (Lipinski definition) is 1. The van der Waals surface area contributed by atoms with Crippen LogP contribution in [-0.4, -0.2) is 22.2 Å². The van der Waals surface area contributed by atoms with Gasteiger partial charge in [0.2, 0.25) is 0 Å². The van der Waals surface area contributed by atoms with Gasteiger partial charge in [0.25, 0.3) is 5.56 Å². The summed E-state index contributed by atoms with van der Waals surface area (Å²) in [6.07, 6.45) is 1.41. The van der Waals surface area contributed by atoms with E-state index < -0.39 is 11.5 Å². The van der Waals surface area contributed by atoms with Crippen molar-refractivity contribution in [3.05, 3.63) is 40.8 Å². The van der Waals surface area contributed by atoms with Gasteiger partial charge in [-0.3, -0.25) is 9.59 Å². The zero-order chi connectivity index (χ0) is 12.1. The van der Waals surface area contributed by atoms with E-state index >= 15 is 0 Å². The Morgan fingerprint density at radius 3 is 2.88 bits per heavy atom. The fourth-order valence-corrected chi connectivity index (χ4v) is 1.10. The first-order valence-corrected chi connectivity index (χ1v) is 4.69. The highest BCUT2D eigenvalue weighted by Gasteiger charge is 2.06. The van der Waals surface area contributed by atoms with Crippen molar-refractivity contribution >= 4 is 5.97 Å². The molecular formula is C11H13NO4. The third-order valence-corrected chi connectivity index (χ3v) is 1.76. The molecule has 0 atom stereocenters. The van der Waals surface area contributed by atoms with Crippen molar-refractivity contribution in [3.8, 4) is 5.75 Å². The minimum atomic E-state index is -1.07. The smallest absolute Gasteiger partial charge is 0.323 e. The Morgan fingerprint density at radius 1 is 1.62 bits per heavy atom. The van der Waals surface area contributed by atoms with Crippen LogP contribution in [0.5, 0.6) is 5.75 Å². The topological polar surface area (TPSA) is 68.5 Å².